The molecule has 23 heavy (non-hydrogen) atoms. The zero-order chi connectivity index (χ0) is 16.8. The molecule has 1 aliphatic rings. The molecule has 0 bridgehead atoms. The lowest BCUT2D eigenvalue weighted by Gasteiger charge is -2.35. The van der Waals surface area contributed by atoms with E-state index in [1.54, 1.807) is 6.92 Å². The number of carbonyl (C=O) groups excluding carboxylic acids is 1. The van der Waals surface area contributed by atoms with Crippen LogP contribution in [-0.4, -0.2) is 19.0 Å². The largest absolute Gasteiger partial charge is 0.466 e. The summed E-state index contributed by atoms with van der Waals surface area (Å²) in [7, 11) is 0. The summed E-state index contributed by atoms with van der Waals surface area (Å²) in [6, 6.07) is 7.64. The first-order valence-corrected chi connectivity index (χ1v) is 8.56. The minimum Gasteiger partial charge on any atom is -0.466 e. The highest BCUT2D eigenvalue weighted by Gasteiger charge is 2.42. The fraction of sp³-hybridized carbons (Fsp3) is 0.632. The molecule has 0 aromatic heterocycles. The van der Waals surface area contributed by atoms with Crippen molar-refractivity contribution in [1.29, 1.82) is 0 Å². The summed E-state index contributed by atoms with van der Waals surface area (Å²) in [6.07, 6.45) is 2.35. The third-order valence-corrected chi connectivity index (χ3v) is 4.84. The molecule has 0 spiro atoms. The molecule has 2 rings (SSSR count). The minimum absolute atomic E-state index is 0.120. The van der Waals surface area contributed by atoms with Crippen LogP contribution in [0.5, 0.6) is 0 Å². The summed E-state index contributed by atoms with van der Waals surface area (Å²) < 4.78 is 32.4. The molecule has 0 N–H and O–H groups in total. The van der Waals surface area contributed by atoms with Crippen LogP contribution in [0.15, 0.2) is 24.3 Å². The van der Waals surface area contributed by atoms with E-state index in [1.807, 2.05) is 31.2 Å². The highest BCUT2D eigenvalue weighted by atomic mass is 19.3. The van der Waals surface area contributed by atoms with Gasteiger partial charge in [0.05, 0.1) is 6.61 Å². The maximum absolute atomic E-state index is 13.7. The number of aryl methyl sites for hydroxylation is 1. The van der Waals surface area contributed by atoms with Crippen molar-refractivity contribution in [3.8, 4) is 0 Å². The van der Waals surface area contributed by atoms with Gasteiger partial charge in [0.15, 0.2) is 0 Å². The van der Waals surface area contributed by atoms with Crippen LogP contribution in [0.3, 0.4) is 0 Å². The molecule has 0 aliphatic heterocycles. The molecule has 1 aromatic carbocycles. The van der Waals surface area contributed by atoms with E-state index in [1.165, 1.54) is 0 Å². The molecule has 2 nitrogen and oxygen atoms in total. The first-order valence-electron chi connectivity index (χ1n) is 8.56. The first kappa shape index (κ1) is 17.9. The van der Waals surface area contributed by atoms with Gasteiger partial charge in [-0.15, -0.1) is 0 Å². The number of halogens is 2. The monoisotopic (exact) mass is 324 g/mol. The number of hydrogen-bond acceptors (Lipinski definition) is 2. The highest BCUT2D eigenvalue weighted by Crippen LogP contribution is 2.43. The second-order valence-corrected chi connectivity index (χ2v) is 6.45. The summed E-state index contributed by atoms with van der Waals surface area (Å²) in [4.78, 5) is 12.2. The molecule has 0 saturated heterocycles. The van der Waals surface area contributed by atoms with Crippen LogP contribution in [-0.2, 0) is 9.53 Å². The van der Waals surface area contributed by atoms with Crippen molar-refractivity contribution in [3.63, 3.8) is 0 Å². The molecule has 1 saturated carbocycles. The third kappa shape index (κ3) is 4.52. The smallest absolute Gasteiger partial charge is 0.315 e. The second kappa shape index (κ2) is 8.42. The van der Waals surface area contributed by atoms with Crippen LogP contribution in [0.2, 0.25) is 0 Å². The van der Waals surface area contributed by atoms with Gasteiger partial charge < -0.3 is 4.74 Å². The van der Waals surface area contributed by atoms with Gasteiger partial charge in [0.2, 0.25) is 0 Å². The molecule has 1 aromatic rings. The van der Waals surface area contributed by atoms with Crippen molar-refractivity contribution in [2.24, 2.45) is 11.8 Å². The maximum atomic E-state index is 13.7. The zero-order valence-corrected chi connectivity index (χ0v) is 13.9. The van der Waals surface area contributed by atoms with Gasteiger partial charge >= 0.3 is 5.97 Å². The molecule has 0 amide bonds. The van der Waals surface area contributed by atoms with Crippen LogP contribution in [0.4, 0.5) is 8.78 Å². The Kier molecular flexibility index (Phi) is 6.55. The number of rotatable bonds is 6. The Morgan fingerprint density at radius 2 is 1.78 bits per heavy atom. The van der Waals surface area contributed by atoms with Crippen LogP contribution < -0.4 is 0 Å². The van der Waals surface area contributed by atoms with E-state index in [9.17, 15) is 13.6 Å². The van der Waals surface area contributed by atoms with Gasteiger partial charge in [-0.3, -0.25) is 4.79 Å². The molecule has 2 unspecified atom stereocenters. The fourth-order valence-electron chi connectivity index (χ4n) is 3.70. The minimum atomic E-state index is -2.71. The van der Waals surface area contributed by atoms with Crippen LogP contribution in [0.25, 0.3) is 0 Å². The maximum Gasteiger partial charge on any atom is 0.315 e. The van der Waals surface area contributed by atoms with Gasteiger partial charge in [0, 0.05) is 5.92 Å². The lowest BCUT2D eigenvalue weighted by Crippen LogP contribution is -2.35. The van der Waals surface area contributed by atoms with Gasteiger partial charge in [-0.1, -0.05) is 49.1 Å². The average molecular weight is 324 g/mol. The van der Waals surface area contributed by atoms with Gasteiger partial charge in [-0.2, -0.15) is 0 Å². The highest BCUT2D eigenvalue weighted by molar-refractivity contribution is 5.74. The van der Waals surface area contributed by atoms with E-state index in [0.717, 1.165) is 43.2 Å². The quantitative estimate of drug-likeness (QED) is 0.680. The van der Waals surface area contributed by atoms with Crippen molar-refractivity contribution >= 4 is 5.97 Å². The van der Waals surface area contributed by atoms with Crippen molar-refractivity contribution < 1.29 is 18.3 Å². The molecule has 1 aliphatic carbocycles. The zero-order valence-electron chi connectivity index (χ0n) is 13.9. The van der Waals surface area contributed by atoms with Crippen molar-refractivity contribution in [2.75, 3.05) is 6.61 Å². The van der Waals surface area contributed by atoms with E-state index < -0.39 is 24.2 Å². The second-order valence-electron chi connectivity index (χ2n) is 6.45. The molecule has 0 radical (unpaired) electrons. The van der Waals surface area contributed by atoms with Crippen LogP contribution in [0, 0.1) is 18.8 Å². The lowest BCUT2D eigenvalue weighted by atomic mass is 9.71. The van der Waals surface area contributed by atoms with Crippen molar-refractivity contribution in [3.05, 3.63) is 35.4 Å². The van der Waals surface area contributed by atoms with Crippen molar-refractivity contribution in [2.45, 2.75) is 58.3 Å². The predicted octanol–water partition coefficient (Wildman–Crippen LogP) is 5.10. The molecular formula is C19H26F2O2. The Morgan fingerprint density at radius 3 is 2.30 bits per heavy atom. The first-order chi connectivity index (χ1) is 11.0. The molecule has 128 valence electrons. The number of benzene rings is 1. The Balaban J connectivity index is 2.36. The van der Waals surface area contributed by atoms with E-state index >= 15 is 0 Å². The van der Waals surface area contributed by atoms with Gasteiger partial charge in [0.25, 0.3) is 6.43 Å². The van der Waals surface area contributed by atoms with Crippen LogP contribution in [0.1, 0.15) is 56.1 Å². The number of alkyl halides is 2. The average Bonchev–Trinajstić information content (AvgIpc) is 2.54. The Morgan fingerprint density at radius 1 is 1.17 bits per heavy atom. The normalized spacial score (nSPS) is 18.7. The van der Waals surface area contributed by atoms with E-state index in [2.05, 4.69) is 0 Å². The predicted molar refractivity (Wildman–Crippen MR) is 86.6 cm³/mol. The van der Waals surface area contributed by atoms with Gasteiger partial charge in [-0.05, 0) is 38.2 Å². The van der Waals surface area contributed by atoms with Gasteiger partial charge in [0.1, 0.15) is 5.92 Å². The molecule has 4 heteroatoms. The van der Waals surface area contributed by atoms with E-state index in [0.29, 0.717) is 0 Å². The molecule has 0 heterocycles. The van der Waals surface area contributed by atoms with Gasteiger partial charge in [-0.25, -0.2) is 8.78 Å². The summed E-state index contributed by atoms with van der Waals surface area (Å²) in [5.41, 5.74) is 1.92. The summed E-state index contributed by atoms with van der Waals surface area (Å²) in [5.74, 6) is -2.48. The summed E-state index contributed by atoms with van der Waals surface area (Å²) in [6.45, 7) is 3.75. The van der Waals surface area contributed by atoms with E-state index in [4.69, 9.17) is 4.74 Å². The van der Waals surface area contributed by atoms with Crippen LogP contribution >= 0.6 is 0 Å². The Bertz CT molecular complexity index is 493. The number of hydrogen-bond donors (Lipinski definition) is 0. The molecular weight excluding hydrogens is 298 g/mol. The van der Waals surface area contributed by atoms with E-state index in [-0.39, 0.29) is 12.5 Å². The Labute approximate surface area is 137 Å². The molecule has 2 atom stereocenters. The van der Waals surface area contributed by atoms with Crippen molar-refractivity contribution in [1.82, 2.24) is 0 Å². The molecule has 1 fully saturated rings. The topological polar surface area (TPSA) is 26.3 Å². The number of esters is 1. The fourth-order valence-corrected chi connectivity index (χ4v) is 3.70. The third-order valence-electron chi connectivity index (χ3n) is 4.84. The SMILES string of the molecule is CCOC(=O)C(C(F)F)C(c1ccc(C)cc1)C1CCCCC1. The number of ether oxygens (including phenoxy) is 1. The standard InChI is InChI=1S/C19H26F2O2/c1-3-23-19(22)17(18(20)21)16(14-7-5-4-6-8-14)15-11-9-13(2)10-12-15/h9-12,14,16-18H,3-8H2,1-2H3. The number of carbonyl (C=O) groups is 1. The lowest BCUT2D eigenvalue weighted by molar-refractivity contribution is -0.156. The summed E-state index contributed by atoms with van der Waals surface area (Å²) in [5, 5.41) is 0. The Hall–Kier alpha value is -1.45. The summed E-state index contributed by atoms with van der Waals surface area (Å²) >= 11 is 0.